The number of hydrogen-bond acceptors (Lipinski definition) is 3. The van der Waals surface area contributed by atoms with Gasteiger partial charge in [-0.25, -0.2) is 0 Å². The van der Waals surface area contributed by atoms with Gasteiger partial charge >= 0.3 is 0 Å². The van der Waals surface area contributed by atoms with E-state index in [2.05, 4.69) is 16.3 Å². The summed E-state index contributed by atoms with van der Waals surface area (Å²) >= 11 is 6.35. The van der Waals surface area contributed by atoms with Crippen LogP contribution in [0.1, 0.15) is 30.9 Å². The highest BCUT2D eigenvalue weighted by Gasteiger charge is 2.28. The molecule has 2 fully saturated rings. The van der Waals surface area contributed by atoms with Gasteiger partial charge in [0.05, 0.1) is 0 Å². The number of rotatable bonds is 4. The van der Waals surface area contributed by atoms with Gasteiger partial charge in [0, 0.05) is 50.2 Å². The fourth-order valence-electron chi connectivity index (χ4n) is 3.50. The summed E-state index contributed by atoms with van der Waals surface area (Å²) in [5.74, 6) is 0.284. The highest BCUT2D eigenvalue weighted by Crippen LogP contribution is 2.35. The minimum Gasteiger partial charge on any atom is -0.340 e. The van der Waals surface area contributed by atoms with Crippen molar-refractivity contribution < 1.29 is 4.79 Å². The number of piperazine rings is 1. The average Bonchev–Trinajstić information content (AvgIpc) is 3.02. The summed E-state index contributed by atoms with van der Waals surface area (Å²) in [6.07, 6.45) is 2.92. The third kappa shape index (κ3) is 3.62. The molecule has 1 N–H and O–H groups in total. The molecular formula is C17H24ClN3O. The second-order valence-corrected chi connectivity index (χ2v) is 6.50. The minimum atomic E-state index is 0.284. The van der Waals surface area contributed by atoms with Crippen molar-refractivity contribution in [2.75, 3.05) is 39.3 Å². The average molecular weight is 322 g/mol. The number of nitrogens with zero attached hydrogens (tertiary/aromatic N) is 2. The van der Waals surface area contributed by atoms with Crippen LogP contribution in [-0.2, 0) is 4.79 Å². The molecule has 0 radical (unpaired) electrons. The first-order valence-electron chi connectivity index (χ1n) is 8.22. The largest absolute Gasteiger partial charge is 0.340 e. The van der Waals surface area contributed by atoms with E-state index >= 15 is 0 Å². The van der Waals surface area contributed by atoms with Crippen molar-refractivity contribution in [2.45, 2.75) is 25.3 Å². The molecule has 22 heavy (non-hydrogen) atoms. The van der Waals surface area contributed by atoms with E-state index in [1.165, 1.54) is 12.0 Å². The molecule has 0 bridgehead atoms. The molecule has 1 unspecified atom stereocenters. The van der Waals surface area contributed by atoms with Gasteiger partial charge in [-0.1, -0.05) is 29.8 Å². The van der Waals surface area contributed by atoms with Crippen molar-refractivity contribution in [3.8, 4) is 0 Å². The summed E-state index contributed by atoms with van der Waals surface area (Å²) in [4.78, 5) is 16.7. The van der Waals surface area contributed by atoms with E-state index in [-0.39, 0.29) is 5.91 Å². The SMILES string of the molecule is O=C(CCN1CCCC1c1ccccc1Cl)N1CCNCC1. The van der Waals surface area contributed by atoms with Crippen molar-refractivity contribution >= 4 is 17.5 Å². The third-order valence-electron chi connectivity index (χ3n) is 4.71. The van der Waals surface area contributed by atoms with Crippen LogP contribution in [0.15, 0.2) is 24.3 Å². The Morgan fingerprint density at radius 2 is 2.00 bits per heavy atom. The number of halogens is 1. The fourth-order valence-corrected chi connectivity index (χ4v) is 3.76. The Morgan fingerprint density at radius 3 is 2.77 bits per heavy atom. The van der Waals surface area contributed by atoms with Crippen LogP contribution in [0.25, 0.3) is 0 Å². The smallest absolute Gasteiger partial charge is 0.223 e. The van der Waals surface area contributed by atoms with Crippen LogP contribution in [0, 0.1) is 0 Å². The van der Waals surface area contributed by atoms with E-state index in [4.69, 9.17) is 11.6 Å². The van der Waals surface area contributed by atoms with Gasteiger partial charge in [0.15, 0.2) is 0 Å². The molecule has 1 amide bonds. The monoisotopic (exact) mass is 321 g/mol. The molecule has 1 atom stereocenters. The normalized spacial score (nSPS) is 23.0. The third-order valence-corrected chi connectivity index (χ3v) is 5.05. The summed E-state index contributed by atoms with van der Waals surface area (Å²) in [5, 5.41) is 4.12. The van der Waals surface area contributed by atoms with Crippen LogP contribution >= 0.6 is 11.6 Å². The summed E-state index contributed by atoms with van der Waals surface area (Å²) < 4.78 is 0. The van der Waals surface area contributed by atoms with E-state index in [1.807, 2.05) is 23.1 Å². The van der Waals surface area contributed by atoms with Crippen LogP contribution in [0.4, 0.5) is 0 Å². The number of amides is 1. The number of carbonyl (C=O) groups is 1. The van der Waals surface area contributed by atoms with Crippen LogP contribution < -0.4 is 5.32 Å². The molecule has 0 saturated carbocycles. The molecular weight excluding hydrogens is 298 g/mol. The lowest BCUT2D eigenvalue weighted by molar-refractivity contribution is -0.132. The zero-order chi connectivity index (χ0) is 15.4. The predicted molar refractivity (Wildman–Crippen MR) is 89.1 cm³/mol. The number of carbonyl (C=O) groups excluding carboxylic acids is 1. The maximum absolute atomic E-state index is 12.3. The Morgan fingerprint density at radius 1 is 1.23 bits per heavy atom. The lowest BCUT2D eigenvalue weighted by Gasteiger charge is -2.29. The molecule has 1 aromatic rings. The van der Waals surface area contributed by atoms with Crippen LogP contribution in [0.5, 0.6) is 0 Å². The van der Waals surface area contributed by atoms with Gasteiger partial charge in [-0.3, -0.25) is 9.69 Å². The van der Waals surface area contributed by atoms with E-state index in [0.717, 1.165) is 50.7 Å². The fraction of sp³-hybridized carbons (Fsp3) is 0.588. The molecule has 2 aliphatic rings. The number of benzene rings is 1. The van der Waals surface area contributed by atoms with Gasteiger partial charge in [-0.2, -0.15) is 0 Å². The molecule has 120 valence electrons. The second-order valence-electron chi connectivity index (χ2n) is 6.10. The van der Waals surface area contributed by atoms with Crippen molar-refractivity contribution in [1.29, 1.82) is 0 Å². The zero-order valence-corrected chi connectivity index (χ0v) is 13.7. The van der Waals surface area contributed by atoms with Gasteiger partial charge in [-0.05, 0) is 31.0 Å². The van der Waals surface area contributed by atoms with E-state index in [0.29, 0.717) is 12.5 Å². The summed E-state index contributed by atoms with van der Waals surface area (Å²) in [5.41, 5.74) is 1.20. The topological polar surface area (TPSA) is 35.6 Å². The Balaban J connectivity index is 1.57. The Hall–Kier alpha value is -1.10. The van der Waals surface area contributed by atoms with Crippen molar-refractivity contribution in [3.05, 3.63) is 34.9 Å². The Kier molecular flexibility index (Phi) is 5.34. The first-order chi connectivity index (χ1) is 10.8. The molecule has 1 aromatic carbocycles. The van der Waals surface area contributed by atoms with Crippen molar-refractivity contribution in [1.82, 2.24) is 15.1 Å². The van der Waals surface area contributed by atoms with E-state index in [1.54, 1.807) is 0 Å². The maximum Gasteiger partial charge on any atom is 0.223 e. The summed E-state index contributed by atoms with van der Waals surface area (Å²) in [6.45, 7) is 5.40. The first-order valence-corrected chi connectivity index (χ1v) is 8.60. The van der Waals surface area contributed by atoms with Crippen molar-refractivity contribution in [2.24, 2.45) is 0 Å². The van der Waals surface area contributed by atoms with Gasteiger partial charge in [-0.15, -0.1) is 0 Å². The van der Waals surface area contributed by atoms with Crippen LogP contribution in [-0.4, -0.2) is 55.0 Å². The predicted octanol–water partition coefficient (Wildman–Crippen LogP) is 2.30. The molecule has 2 aliphatic heterocycles. The van der Waals surface area contributed by atoms with Crippen LogP contribution in [0.2, 0.25) is 5.02 Å². The van der Waals surface area contributed by atoms with E-state index < -0.39 is 0 Å². The summed E-state index contributed by atoms with van der Waals surface area (Å²) in [7, 11) is 0. The lowest BCUT2D eigenvalue weighted by Crippen LogP contribution is -2.47. The van der Waals surface area contributed by atoms with Gasteiger partial charge in [0.2, 0.25) is 5.91 Å². The molecule has 0 spiro atoms. The first kappa shape index (κ1) is 15.8. The summed E-state index contributed by atoms with van der Waals surface area (Å²) in [6, 6.07) is 8.45. The zero-order valence-electron chi connectivity index (χ0n) is 12.9. The highest BCUT2D eigenvalue weighted by molar-refractivity contribution is 6.31. The molecule has 2 saturated heterocycles. The Labute approximate surface area is 137 Å². The lowest BCUT2D eigenvalue weighted by atomic mass is 10.0. The van der Waals surface area contributed by atoms with Crippen LogP contribution in [0.3, 0.4) is 0 Å². The molecule has 0 aromatic heterocycles. The molecule has 4 nitrogen and oxygen atoms in total. The van der Waals surface area contributed by atoms with Crippen molar-refractivity contribution in [3.63, 3.8) is 0 Å². The van der Waals surface area contributed by atoms with Gasteiger partial charge in [0.1, 0.15) is 0 Å². The molecule has 3 rings (SSSR count). The molecule has 5 heteroatoms. The van der Waals surface area contributed by atoms with E-state index in [9.17, 15) is 4.79 Å². The quantitative estimate of drug-likeness (QED) is 0.924. The molecule has 0 aliphatic carbocycles. The maximum atomic E-state index is 12.3. The highest BCUT2D eigenvalue weighted by atomic mass is 35.5. The minimum absolute atomic E-state index is 0.284. The van der Waals surface area contributed by atoms with Gasteiger partial charge in [0.25, 0.3) is 0 Å². The second kappa shape index (κ2) is 7.44. The number of hydrogen-bond donors (Lipinski definition) is 1. The Bertz CT molecular complexity index is 516. The molecule has 2 heterocycles. The van der Waals surface area contributed by atoms with Gasteiger partial charge < -0.3 is 10.2 Å². The number of likely N-dealkylation sites (tertiary alicyclic amines) is 1. The standard InChI is InChI=1S/C17H24ClN3O/c18-15-5-2-1-4-14(15)16-6-3-10-20(16)11-7-17(22)21-12-8-19-9-13-21/h1-2,4-5,16,19H,3,6-13H2. The number of nitrogens with one attached hydrogen (secondary N) is 1.